The zero-order chi connectivity index (χ0) is 14.6. The van der Waals surface area contributed by atoms with E-state index in [1.807, 2.05) is 5.32 Å². The van der Waals surface area contributed by atoms with Gasteiger partial charge in [-0.2, -0.15) is 0 Å². The number of amides is 2. The number of halogens is 1. The van der Waals surface area contributed by atoms with Gasteiger partial charge in [-0.15, -0.1) is 0 Å². The first kappa shape index (κ1) is 15.5. The molecule has 108 valence electrons. The number of nitrogens with zero attached hydrogens (tertiary/aromatic N) is 1. The van der Waals surface area contributed by atoms with E-state index in [-0.39, 0.29) is 6.41 Å². The molecule has 0 radical (unpaired) electrons. The van der Waals surface area contributed by atoms with Gasteiger partial charge in [0.2, 0.25) is 6.41 Å². The molecular weight excluding hydrogens is 261 g/mol. The van der Waals surface area contributed by atoms with E-state index in [1.165, 1.54) is 7.05 Å². The fourth-order valence-electron chi connectivity index (χ4n) is 1.60. The molecule has 0 aromatic carbocycles. The van der Waals surface area contributed by atoms with Crippen molar-refractivity contribution in [2.24, 2.45) is 5.73 Å². The number of carbonyl (C=O) groups excluding carboxylic acids is 2. The summed E-state index contributed by atoms with van der Waals surface area (Å²) >= 11 is 0. The monoisotopic (exact) mass is 277 g/mol. The van der Waals surface area contributed by atoms with Crippen LogP contribution in [0.2, 0.25) is 0 Å². The van der Waals surface area contributed by atoms with Gasteiger partial charge in [0, 0.05) is 19.3 Å². The Labute approximate surface area is 108 Å². The van der Waals surface area contributed by atoms with E-state index in [4.69, 9.17) is 15.6 Å². The number of aliphatic hydroxyl groups is 2. The van der Waals surface area contributed by atoms with Gasteiger partial charge in [0.1, 0.15) is 6.10 Å². The summed E-state index contributed by atoms with van der Waals surface area (Å²) in [5.74, 6) is -0.697. The lowest BCUT2D eigenvalue weighted by Gasteiger charge is -2.26. The molecule has 0 saturated carbocycles. The summed E-state index contributed by atoms with van der Waals surface area (Å²) in [4.78, 5) is 22.1. The molecule has 4 atom stereocenters. The zero-order valence-corrected chi connectivity index (χ0v) is 10.2. The lowest BCUT2D eigenvalue weighted by Crippen LogP contribution is -2.53. The molecule has 9 heteroatoms. The van der Waals surface area contributed by atoms with Gasteiger partial charge in [0.15, 0.2) is 18.1 Å². The number of nitrogens with two attached hydrogens (primary N) is 1. The van der Waals surface area contributed by atoms with Crippen LogP contribution in [0.5, 0.6) is 0 Å². The van der Waals surface area contributed by atoms with Gasteiger partial charge in [-0.05, 0) is 0 Å². The molecule has 1 heterocycles. The number of hydrogen-bond acceptors (Lipinski definition) is 7. The fourth-order valence-corrected chi connectivity index (χ4v) is 1.60. The Morgan fingerprint density at radius 1 is 1.68 bits per heavy atom. The number of nitrogens with one attached hydrogen (secondary N) is 1. The molecule has 0 spiro atoms. The first-order chi connectivity index (χ1) is 8.85. The Balaban J connectivity index is 2.70. The van der Waals surface area contributed by atoms with Crippen LogP contribution in [0.15, 0.2) is 12.3 Å². The van der Waals surface area contributed by atoms with Crippen molar-refractivity contribution in [1.29, 1.82) is 0 Å². The van der Waals surface area contributed by atoms with E-state index in [9.17, 15) is 19.1 Å². The van der Waals surface area contributed by atoms with E-state index in [1.54, 1.807) is 0 Å². The maximum absolute atomic E-state index is 13.8. The average Bonchev–Trinajstić information content (AvgIpc) is 2.62. The van der Waals surface area contributed by atoms with Crippen molar-refractivity contribution in [2.75, 3.05) is 13.7 Å². The van der Waals surface area contributed by atoms with Crippen LogP contribution >= 0.6 is 0 Å². The highest BCUT2D eigenvalue weighted by Crippen LogP contribution is 2.30. The molecule has 8 nitrogen and oxygen atoms in total. The lowest BCUT2D eigenvalue weighted by molar-refractivity contribution is -0.132. The van der Waals surface area contributed by atoms with E-state index in [2.05, 4.69) is 0 Å². The number of ether oxygens (including phenoxy) is 1. The highest BCUT2D eigenvalue weighted by atomic mass is 19.1. The van der Waals surface area contributed by atoms with Crippen LogP contribution in [0.4, 0.5) is 4.39 Å². The fraction of sp³-hybridized carbons (Fsp3) is 0.600. The number of alkyl halides is 1. The third-order valence-electron chi connectivity index (χ3n) is 2.73. The average molecular weight is 277 g/mol. The van der Waals surface area contributed by atoms with Crippen LogP contribution in [0, 0.1) is 0 Å². The van der Waals surface area contributed by atoms with Crippen LogP contribution in [0.1, 0.15) is 0 Å². The molecule has 1 saturated heterocycles. The maximum atomic E-state index is 13.8. The van der Waals surface area contributed by atoms with Crippen LogP contribution in [0.3, 0.4) is 0 Å². The number of aliphatic hydroxyl groups excluding tert-OH is 2. The molecule has 1 fully saturated rings. The van der Waals surface area contributed by atoms with Gasteiger partial charge in [-0.1, -0.05) is 0 Å². The van der Waals surface area contributed by atoms with Gasteiger partial charge < -0.3 is 19.8 Å². The summed E-state index contributed by atoms with van der Waals surface area (Å²) in [6.07, 6.45) is -2.47. The van der Waals surface area contributed by atoms with Crippen molar-refractivity contribution in [3.05, 3.63) is 12.3 Å². The summed E-state index contributed by atoms with van der Waals surface area (Å²) in [6.45, 7) is -0.756. The third kappa shape index (κ3) is 3.26. The molecule has 19 heavy (non-hydrogen) atoms. The Kier molecular flexibility index (Phi) is 4.95. The number of hydrogen-bond donors (Lipinski definition) is 4. The lowest BCUT2D eigenvalue weighted by atomic mass is 10.1. The molecule has 5 N–H and O–H groups in total. The largest absolute Gasteiger partial charge is 0.392 e. The summed E-state index contributed by atoms with van der Waals surface area (Å²) in [5.41, 5.74) is 3.59. The SMILES string of the molecule is CN(/C=C\C(=O)NC=O)C1OC(N)(CO)C(O)C1F. The summed E-state index contributed by atoms with van der Waals surface area (Å²) in [7, 11) is 1.39. The highest BCUT2D eigenvalue weighted by molar-refractivity contribution is 5.94. The van der Waals surface area contributed by atoms with Crippen LogP contribution in [-0.4, -0.2) is 65.3 Å². The molecule has 2 amide bonds. The number of imide groups is 1. The standard InChI is InChI=1S/C10H16FN3O5/c1-14(3-2-6(17)13-5-16)9-7(11)8(18)10(12,4-15)19-9/h2-3,5,7-9,15,18H,4,12H2,1H3,(H,13,16,17)/b3-2-. The second-order valence-corrected chi connectivity index (χ2v) is 4.12. The molecule has 1 rings (SSSR count). The highest BCUT2D eigenvalue weighted by Gasteiger charge is 2.53. The first-order valence-electron chi connectivity index (χ1n) is 5.39. The Bertz CT molecular complexity index is 380. The van der Waals surface area contributed by atoms with Crippen molar-refractivity contribution in [3.8, 4) is 0 Å². The molecule has 0 aliphatic carbocycles. The zero-order valence-electron chi connectivity index (χ0n) is 10.2. The normalized spacial score (nSPS) is 34.5. The van der Waals surface area contributed by atoms with E-state index >= 15 is 0 Å². The third-order valence-corrected chi connectivity index (χ3v) is 2.73. The van der Waals surface area contributed by atoms with Gasteiger partial charge >= 0.3 is 0 Å². The van der Waals surface area contributed by atoms with Gasteiger partial charge in [0.25, 0.3) is 5.91 Å². The number of carbonyl (C=O) groups is 2. The molecule has 0 aromatic heterocycles. The van der Waals surface area contributed by atoms with Crippen LogP contribution < -0.4 is 11.1 Å². The van der Waals surface area contributed by atoms with E-state index < -0.39 is 36.7 Å². The van der Waals surface area contributed by atoms with Crippen molar-refractivity contribution >= 4 is 12.3 Å². The van der Waals surface area contributed by atoms with Crippen LogP contribution in [0.25, 0.3) is 0 Å². The van der Waals surface area contributed by atoms with Crippen molar-refractivity contribution in [1.82, 2.24) is 10.2 Å². The molecule has 0 aromatic rings. The molecule has 1 aliphatic rings. The smallest absolute Gasteiger partial charge is 0.251 e. The molecule has 4 unspecified atom stereocenters. The number of rotatable bonds is 5. The molecular formula is C10H16FN3O5. The first-order valence-corrected chi connectivity index (χ1v) is 5.39. The van der Waals surface area contributed by atoms with E-state index in [0.717, 1.165) is 17.2 Å². The Hall–Kier alpha value is -1.55. The van der Waals surface area contributed by atoms with Crippen LogP contribution in [-0.2, 0) is 14.3 Å². The maximum Gasteiger partial charge on any atom is 0.251 e. The minimum absolute atomic E-state index is 0.205. The summed E-state index contributed by atoms with van der Waals surface area (Å²) < 4.78 is 18.8. The topological polar surface area (TPSA) is 125 Å². The minimum atomic E-state index is -1.89. The van der Waals surface area contributed by atoms with Crippen molar-refractivity contribution in [2.45, 2.75) is 24.2 Å². The van der Waals surface area contributed by atoms with Gasteiger partial charge in [-0.25, -0.2) is 4.39 Å². The second-order valence-electron chi connectivity index (χ2n) is 4.12. The minimum Gasteiger partial charge on any atom is -0.392 e. The van der Waals surface area contributed by atoms with E-state index in [0.29, 0.717) is 0 Å². The van der Waals surface area contributed by atoms with Crippen molar-refractivity contribution < 1.29 is 28.9 Å². The second kappa shape index (κ2) is 6.06. The molecule has 1 aliphatic heterocycles. The Morgan fingerprint density at radius 2 is 2.32 bits per heavy atom. The quantitative estimate of drug-likeness (QED) is 0.321. The predicted octanol–water partition coefficient (Wildman–Crippen LogP) is -2.59. The summed E-state index contributed by atoms with van der Waals surface area (Å²) in [5, 5.41) is 20.4. The van der Waals surface area contributed by atoms with Gasteiger partial charge in [-0.3, -0.25) is 20.6 Å². The van der Waals surface area contributed by atoms with Gasteiger partial charge in [0.05, 0.1) is 6.61 Å². The Morgan fingerprint density at radius 3 is 2.79 bits per heavy atom. The van der Waals surface area contributed by atoms with Crippen molar-refractivity contribution in [3.63, 3.8) is 0 Å². The predicted molar refractivity (Wildman–Crippen MR) is 60.9 cm³/mol. The summed E-state index contributed by atoms with van der Waals surface area (Å²) in [6, 6.07) is 0. The molecule has 0 bridgehead atoms.